The Balaban J connectivity index is 1.44. The van der Waals surface area contributed by atoms with Gasteiger partial charge in [0.1, 0.15) is 5.82 Å². The zero-order valence-electron chi connectivity index (χ0n) is 17.1. The molecule has 0 saturated carbocycles. The normalized spacial score (nSPS) is 20.6. The first-order valence-corrected chi connectivity index (χ1v) is 10.1. The van der Waals surface area contributed by atoms with E-state index in [-0.39, 0.29) is 0 Å². The minimum absolute atomic E-state index is 0.480. The Labute approximate surface area is 167 Å². The van der Waals surface area contributed by atoms with Gasteiger partial charge in [-0.2, -0.15) is 0 Å². The Morgan fingerprint density at radius 2 is 2.00 bits per heavy atom. The van der Waals surface area contributed by atoms with E-state index in [9.17, 15) is 0 Å². The predicted molar refractivity (Wildman–Crippen MR) is 109 cm³/mol. The number of hydrogen-bond donors (Lipinski definition) is 0. The van der Waals surface area contributed by atoms with Crippen molar-refractivity contribution in [3.05, 3.63) is 47.0 Å². The molecule has 0 radical (unpaired) electrons. The van der Waals surface area contributed by atoms with Crippen LogP contribution in [0.25, 0.3) is 0 Å². The Bertz CT molecular complexity index is 826. The van der Waals surface area contributed by atoms with Crippen LogP contribution in [0.15, 0.2) is 24.4 Å². The van der Waals surface area contributed by atoms with Gasteiger partial charge in [0, 0.05) is 56.0 Å². The molecule has 1 aromatic carbocycles. The van der Waals surface area contributed by atoms with E-state index >= 15 is 0 Å². The molecule has 2 aliphatic rings. The average Bonchev–Trinajstić information content (AvgIpc) is 2.73. The van der Waals surface area contributed by atoms with Gasteiger partial charge in [0.15, 0.2) is 11.5 Å². The summed E-state index contributed by atoms with van der Waals surface area (Å²) in [5.41, 5.74) is 3.73. The maximum Gasteiger partial charge on any atom is 0.161 e. The largest absolute Gasteiger partial charge is 0.493 e. The highest BCUT2D eigenvalue weighted by atomic mass is 16.5. The third kappa shape index (κ3) is 4.13. The second-order valence-electron chi connectivity index (χ2n) is 7.95. The molecule has 150 valence electrons. The Morgan fingerprint density at radius 1 is 1.14 bits per heavy atom. The Morgan fingerprint density at radius 3 is 2.79 bits per heavy atom. The number of methoxy groups -OCH3 is 2. The first-order valence-electron chi connectivity index (χ1n) is 10.1. The maximum absolute atomic E-state index is 5.43. The van der Waals surface area contributed by atoms with Crippen LogP contribution in [0.1, 0.15) is 41.4 Å². The van der Waals surface area contributed by atoms with Crippen LogP contribution in [-0.2, 0) is 19.5 Å². The highest BCUT2D eigenvalue weighted by Crippen LogP contribution is 2.29. The van der Waals surface area contributed by atoms with Crippen molar-refractivity contribution in [1.82, 2.24) is 19.8 Å². The van der Waals surface area contributed by atoms with E-state index < -0.39 is 0 Å². The van der Waals surface area contributed by atoms with Gasteiger partial charge in [0.2, 0.25) is 0 Å². The lowest BCUT2D eigenvalue weighted by molar-refractivity contribution is 0.236. The summed E-state index contributed by atoms with van der Waals surface area (Å²) in [7, 11) is 5.53. The van der Waals surface area contributed by atoms with Crippen LogP contribution in [0.5, 0.6) is 11.5 Å². The van der Waals surface area contributed by atoms with Crippen LogP contribution in [0.4, 0.5) is 0 Å². The number of rotatable bonds is 5. The van der Waals surface area contributed by atoms with Crippen LogP contribution >= 0.6 is 0 Å². The molecule has 0 unspecified atom stereocenters. The van der Waals surface area contributed by atoms with Gasteiger partial charge in [-0.3, -0.25) is 4.90 Å². The van der Waals surface area contributed by atoms with E-state index in [1.54, 1.807) is 14.2 Å². The van der Waals surface area contributed by atoms with Crippen molar-refractivity contribution in [1.29, 1.82) is 0 Å². The molecule has 0 bridgehead atoms. The van der Waals surface area contributed by atoms with Crippen molar-refractivity contribution < 1.29 is 9.47 Å². The van der Waals surface area contributed by atoms with Gasteiger partial charge in [-0.15, -0.1) is 0 Å². The molecule has 1 saturated heterocycles. The number of ether oxygens (including phenoxy) is 2. The van der Waals surface area contributed by atoms with Gasteiger partial charge in [-0.1, -0.05) is 6.07 Å². The Kier molecular flexibility index (Phi) is 5.78. The zero-order valence-corrected chi connectivity index (χ0v) is 17.1. The molecule has 28 heavy (non-hydrogen) atoms. The highest BCUT2D eigenvalue weighted by molar-refractivity contribution is 5.43. The number of likely N-dealkylation sites (tertiary alicyclic amines) is 1. The van der Waals surface area contributed by atoms with Crippen LogP contribution in [0.2, 0.25) is 0 Å². The Hall–Kier alpha value is -2.18. The molecule has 2 aromatic rings. The SMILES string of the molecule is COc1ccc(CN2CCc3nc([C@H]4CCCN(C)C4)ncc3C2)cc1OC. The molecular formula is C22H30N4O2. The number of benzene rings is 1. The monoisotopic (exact) mass is 382 g/mol. The van der Waals surface area contributed by atoms with Crippen molar-refractivity contribution in [2.75, 3.05) is 40.9 Å². The van der Waals surface area contributed by atoms with Gasteiger partial charge in [0.05, 0.1) is 14.2 Å². The van der Waals surface area contributed by atoms with E-state index in [0.29, 0.717) is 5.92 Å². The average molecular weight is 383 g/mol. The molecule has 0 N–H and O–H groups in total. The van der Waals surface area contributed by atoms with Crippen molar-refractivity contribution >= 4 is 0 Å². The molecule has 1 atom stereocenters. The van der Waals surface area contributed by atoms with Gasteiger partial charge in [-0.25, -0.2) is 9.97 Å². The van der Waals surface area contributed by atoms with Crippen molar-refractivity contribution in [2.45, 2.75) is 38.3 Å². The van der Waals surface area contributed by atoms with Crippen LogP contribution < -0.4 is 9.47 Å². The first-order chi connectivity index (χ1) is 13.7. The summed E-state index contributed by atoms with van der Waals surface area (Å²) in [5.74, 6) is 3.07. The zero-order chi connectivity index (χ0) is 19.5. The predicted octanol–water partition coefficient (Wildman–Crippen LogP) is 2.86. The van der Waals surface area contributed by atoms with Crippen molar-refractivity contribution in [3.63, 3.8) is 0 Å². The fourth-order valence-electron chi connectivity index (χ4n) is 4.34. The summed E-state index contributed by atoms with van der Waals surface area (Å²) in [4.78, 5) is 14.5. The number of nitrogens with zero attached hydrogens (tertiary/aromatic N) is 4. The van der Waals surface area contributed by atoms with Gasteiger partial charge in [-0.05, 0) is 44.1 Å². The fourth-order valence-corrected chi connectivity index (χ4v) is 4.34. The van der Waals surface area contributed by atoms with Gasteiger partial charge < -0.3 is 14.4 Å². The van der Waals surface area contributed by atoms with E-state index in [1.807, 2.05) is 6.07 Å². The molecule has 4 rings (SSSR count). The lowest BCUT2D eigenvalue weighted by Crippen LogP contribution is -2.33. The maximum atomic E-state index is 5.43. The smallest absolute Gasteiger partial charge is 0.161 e. The molecular weight excluding hydrogens is 352 g/mol. The number of fused-ring (bicyclic) bond motifs is 1. The molecule has 1 aromatic heterocycles. The van der Waals surface area contributed by atoms with Crippen LogP contribution in [0, 0.1) is 0 Å². The molecule has 6 heteroatoms. The number of piperidine rings is 1. The van der Waals surface area contributed by atoms with E-state index in [4.69, 9.17) is 19.4 Å². The topological polar surface area (TPSA) is 50.7 Å². The number of hydrogen-bond acceptors (Lipinski definition) is 6. The molecule has 1 fully saturated rings. The third-order valence-electron chi connectivity index (χ3n) is 5.88. The van der Waals surface area contributed by atoms with E-state index in [2.05, 4.69) is 35.2 Å². The lowest BCUT2D eigenvalue weighted by Gasteiger charge is -2.31. The molecule has 6 nitrogen and oxygen atoms in total. The number of likely N-dealkylation sites (N-methyl/N-ethyl adjacent to an activating group) is 1. The van der Waals surface area contributed by atoms with E-state index in [1.165, 1.54) is 36.2 Å². The molecule has 0 amide bonds. The van der Waals surface area contributed by atoms with Crippen molar-refractivity contribution in [2.24, 2.45) is 0 Å². The lowest BCUT2D eigenvalue weighted by atomic mass is 9.97. The summed E-state index contributed by atoms with van der Waals surface area (Å²) >= 11 is 0. The molecule has 2 aliphatic heterocycles. The minimum Gasteiger partial charge on any atom is -0.493 e. The van der Waals surface area contributed by atoms with Crippen LogP contribution in [0.3, 0.4) is 0 Å². The molecule has 0 spiro atoms. The molecule has 3 heterocycles. The second kappa shape index (κ2) is 8.45. The van der Waals surface area contributed by atoms with E-state index in [0.717, 1.165) is 49.9 Å². The van der Waals surface area contributed by atoms with Crippen LogP contribution in [-0.4, -0.2) is 60.7 Å². The first kappa shape index (κ1) is 19.2. The van der Waals surface area contributed by atoms with Crippen molar-refractivity contribution in [3.8, 4) is 11.5 Å². The minimum atomic E-state index is 0.480. The summed E-state index contributed by atoms with van der Waals surface area (Å²) < 4.78 is 10.8. The highest BCUT2D eigenvalue weighted by Gasteiger charge is 2.24. The fraction of sp³-hybridized carbons (Fsp3) is 0.545. The van der Waals surface area contributed by atoms with Gasteiger partial charge >= 0.3 is 0 Å². The third-order valence-corrected chi connectivity index (χ3v) is 5.88. The number of aromatic nitrogens is 2. The second-order valence-corrected chi connectivity index (χ2v) is 7.95. The standard InChI is InChI=1S/C22H30N4O2/c1-25-9-4-5-17(14-25)22-23-12-18-15-26(10-8-19(18)24-22)13-16-6-7-20(27-2)21(11-16)28-3/h6-7,11-12,17H,4-5,8-10,13-15H2,1-3H3/t17-/m0/s1. The molecule has 0 aliphatic carbocycles. The quantitative estimate of drug-likeness (QED) is 0.793. The van der Waals surface area contributed by atoms with Gasteiger partial charge in [0.25, 0.3) is 0 Å². The summed E-state index contributed by atoms with van der Waals surface area (Å²) in [6.45, 7) is 5.06. The summed E-state index contributed by atoms with van der Waals surface area (Å²) in [5, 5.41) is 0. The summed E-state index contributed by atoms with van der Waals surface area (Å²) in [6.07, 6.45) is 5.49. The summed E-state index contributed by atoms with van der Waals surface area (Å²) in [6, 6.07) is 6.15.